The number of ketones is 1. The number of hydrogen-bond acceptors (Lipinski definition) is 9. The number of allylic oxidation sites excluding steroid dienone is 1. The number of anilines is 1. The molecule has 10 nitrogen and oxygen atoms in total. The van der Waals surface area contributed by atoms with E-state index in [9.17, 15) is 18.3 Å². The van der Waals surface area contributed by atoms with E-state index in [-0.39, 0.29) is 22.8 Å². The van der Waals surface area contributed by atoms with Gasteiger partial charge < -0.3 is 19.5 Å². The number of methoxy groups -OCH3 is 2. The molecule has 11 heteroatoms. The van der Waals surface area contributed by atoms with Crippen LogP contribution in [0.25, 0.3) is 5.76 Å². The number of rotatable bonds is 8. The second kappa shape index (κ2) is 12.0. The number of pyridine rings is 1. The number of piperazine rings is 1. The minimum Gasteiger partial charge on any atom is -0.505 e. The molecule has 1 aromatic heterocycles. The SMILES string of the molecule is COc1ccc(/C(O)=C2\C(=O)c3c(C)cc(C)nc3S(=O)(=O)N2CCCN2CCN(c3ccccc3OC)CC2)cc1. The third kappa shape index (κ3) is 5.54. The van der Waals surface area contributed by atoms with Crippen LogP contribution >= 0.6 is 0 Å². The fourth-order valence-electron chi connectivity index (χ4n) is 5.61. The zero-order chi connectivity index (χ0) is 30.0. The first-order valence-electron chi connectivity index (χ1n) is 13.9. The van der Waals surface area contributed by atoms with E-state index in [2.05, 4.69) is 14.8 Å². The first-order chi connectivity index (χ1) is 20.1. The summed E-state index contributed by atoms with van der Waals surface area (Å²) in [6, 6.07) is 16.1. The average molecular weight is 593 g/mol. The van der Waals surface area contributed by atoms with Gasteiger partial charge in [-0.3, -0.25) is 14.0 Å². The quantitative estimate of drug-likeness (QED) is 0.306. The summed E-state index contributed by atoms with van der Waals surface area (Å²) in [4.78, 5) is 22.7. The zero-order valence-electron chi connectivity index (χ0n) is 24.3. The molecule has 3 aromatic rings. The fraction of sp³-hybridized carbons (Fsp3) is 0.355. The number of aliphatic hydroxyl groups is 1. The Morgan fingerprint density at radius 2 is 1.64 bits per heavy atom. The molecule has 0 spiro atoms. The Balaban J connectivity index is 1.39. The summed E-state index contributed by atoms with van der Waals surface area (Å²) >= 11 is 0. The molecule has 2 aliphatic rings. The average Bonchev–Trinajstić information content (AvgIpc) is 2.99. The summed E-state index contributed by atoms with van der Waals surface area (Å²) < 4.78 is 39.7. The number of para-hydroxylation sites is 2. The van der Waals surface area contributed by atoms with Crippen molar-refractivity contribution in [1.29, 1.82) is 0 Å². The molecule has 1 fully saturated rings. The predicted molar refractivity (Wildman–Crippen MR) is 161 cm³/mol. The fourth-order valence-corrected chi connectivity index (χ4v) is 7.37. The number of ether oxygens (including phenoxy) is 2. The van der Waals surface area contributed by atoms with Gasteiger partial charge in [0.2, 0.25) is 5.78 Å². The number of benzene rings is 2. The largest absolute Gasteiger partial charge is 0.505 e. The number of aryl methyl sites for hydroxylation is 2. The summed E-state index contributed by atoms with van der Waals surface area (Å²) in [5, 5.41) is 11.1. The molecule has 0 saturated carbocycles. The monoisotopic (exact) mass is 592 g/mol. The van der Waals surface area contributed by atoms with E-state index in [0.29, 0.717) is 35.5 Å². The van der Waals surface area contributed by atoms with Crippen LogP contribution in [-0.2, 0) is 10.0 Å². The van der Waals surface area contributed by atoms with Crippen molar-refractivity contribution in [1.82, 2.24) is 14.2 Å². The van der Waals surface area contributed by atoms with Gasteiger partial charge in [0.25, 0.3) is 10.0 Å². The van der Waals surface area contributed by atoms with E-state index in [4.69, 9.17) is 9.47 Å². The van der Waals surface area contributed by atoms with Crippen molar-refractivity contribution in [2.45, 2.75) is 25.3 Å². The van der Waals surface area contributed by atoms with Gasteiger partial charge in [-0.2, -0.15) is 8.42 Å². The lowest BCUT2D eigenvalue weighted by atomic mass is 10.0. The number of hydrogen-bond donors (Lipinski definition) is 1. The molecule has 0 radical (unpaired) electrons. The van der Waals surface area contributed by atoms with Crippen molar-refractivity contribution in [3.05, 3.63) is 82.7 Å². The maximum absolute atomic E-state index is 14.0. The standard InChI is InChI=1S/C31H36N4O6S/c1-21-20-22(2)32-31-27(21)30(37)28(29(36)23-10-12-24(40-3)13-11-23)35(42(31,38)39)15-7-14-33-16-18-34(19-17-33)25-8-5-6-9-26(25)41-4/h5-6,8-13,20,36H,7,14-19H2,1-4H3/b29-28-. The van der Waals surface area contributed by atoms with E-state index < -0.39 is 21.6 Å². The van der Waals surface area contributed by atoms with Crippen LogP contribution in [0.4, 0.5) is 5.69 Å². The smallest absolute Gasteiger partial charge is 0.282 e. The van der Waals surface area contributed by atoms with Crippen LogP contribution in [0.15, 0.2) is 65.3 Å². The van der Waals surface area contributed by atoms with Gasteiger partial charge >= 0.3 is 0 Å². The molecular weight excluding hydrogens is 556 g/mol. The van der Waals surface area contributed by atoms with Gasteiger partial charge in [-0.25, -0.2) is 4.98 Å². The van der Waals surface area contributed by atoms with Crippen LogP contribution in [0.2, 0.25) is 0 Å². The minimum atomic E-state index is -4.21. The summed E-state index contributed by atoms with van der Waals surface area (Å²) in [7, 11) is -1.02. The molecule has 3 heterocycles. The lowest BCUT2D eigenvalue weighted by molar-refractivity contribution is 0.0995. The normalized spacial score (nSPS) is 18.0. The number of Topliss-reactive ketones (excluding diaryl/α,β-unsaturated/α-hetero) is 1. The third-order valence-electron chi connectivity index (χ3n) is 7.76. The van der Waals surface area contributed by atoms with Crippen LogP contribution in [0.3, 0.4) is 0 Å². The molecule has 42 heavy (non-hydrogen) atoms. The van der Waals surface area contributed by atoms with Crippen LogP contribution < -0.4 is 14.4 Å². The maximum Gasteiger partial charge on any atom is 0.282 e. The van der Waals surface area contributed by atoms with Gasteiger partial charge in [0, 0.05) is 50.5 Å². The van der Waals surface area contributed by atoms with Crippen molar-refractivity contribution in [3.8, 4) is 11.5 Å². The Kier molecular flexibility index (Phi) is 8.42. The highest BCUT2D eigenvalue weighted by Gasteiger charge is 2.43. The molecule has 2 aromatic carbocycles. The summed E-state index contributed by atoms with van der Waals surface area (Å²) in [6.07, 6.45) is 0.459. The van der Waals surface area contributed by atoms with Crippen LogP contribution in [0.5, 0.6) is 11.5 Å². The molecule has 2 aliphatic heterocycles. The second-order valence-corrected chi connectivity index (χ2v) is 12.2. The summed E-state index contributed by atoms with van der Waals surface area (Å²) in [5.41, 5.74) is 2.11. The first kappa shape index (κ1) is 29.4. The van der Waals surface area contributed by atoms with Crippen LogP contribution in [0.1, 0.15) is 33.6 Å². The van der Waals surface area contributed by atoms with E-state index in [1.807, 2.05) is 24.3 Å². The van der Waals surface area contributed by atoms with Gasteiger partial charge in [-0.15, -0.1) is 0 Å². The van der Waals surface area contributed by atoms with Crippen molar-refractivity contribution in [3.63, 3.8) is 0 Å². The highest BCUT2D eigenvalue weighted by molar-refractivity contribution is 7.89. The first-order valence-corrected chi connectivity index (χ1v) is 15.3. The molecule has 0 unspecified atom stereocenters. The number of aliphatic hydroxyl groups excluding tert-OH is 1. The molecular formula is C31H36N4O6S. The van der Waals surface area contributed by atoms with E-state index in [1.165, 1.54) is 7.11 Å². The van der Waals surface area contributed by atoms with Gasteiger partial charge in [0.05, 0.1) is 25.5 Å². The third-order valence-corrected chi connectivity index (χ3v) is 9.49. The molecule has 222 valence electrons. The number of carbonyl (C=O) groups excluding carboxylic acids is 1. The molecule has 1 saturated heterocycles. The molecule has 1 N–H and O–H groups in total. The van der Waals surface area contributed by atoms with Gasteiger partial charge in [0.1, 0.15) is 17.2 Å². The molecule has 0 bridgehead atoms. The van der Waals surface area contributed by atoms with Crippen molar-refractivity contribution in [2.24, 2.45) is 0 Å². The second-order valence-electron chi connectivity index (χ2n) is 10.4. The maximum atomic E-state index is 14.0. The summed E-state index contributed by atoms with van der Waals surface area (Å²) in [6.45, 7) is 7.23. The topological polar surface area (TPSA) is 113 Å². The Morgan fingerprint density at radius 3 is 2.31 bits per heavy atom. The molecule has 0 aliphatic carbocycles. The van der Waals surface area contributed by atoms with E-state index >= 15 is 0 Å². The Hall–Kier alpha value is -4.09. The Morgan fingerprint density at radius 1 is 0.952 bits per heavy atom. The van der Waals surface area contributed by atoms with Gasteiger partial charge in [0.15, 0.2) is 10.8 Å². The number of sulfonamides is 1. The van der Waals surface area contributed by atoms with Crippen molar-refractivity contribution < 1.29 is 27.8 Å². The van der Waals surface area contributed by atoms with Crippen LogP contribution in [0, 0.1) is 13.8 Å². The highest BCUT2D eigenvalue weighted by Crippen LogP contribution is 2.37. The van der Waals surface area contributed by atoms with Crippen LogP contribution in [-0.4, -0.2) is 87.0 Å². The minimum absolute atomic E-state index is 0.000580. The van der Waals surface area contributed by atoms with E-state index in [1.54, 1.807) is 51.3 Å². The van der Waals surface area contributed by atoms with E-state index in [0.717, 1.165) is 41.9 Å². The number of fused-ring (bicyclic) bond motifs is 1. The number of nitrogens with zero attached hydrogens (tertiary/aromatic N) is 4. The van der Waals surface area contributed by atoms with Gasteiger partial charge in [-0.1, -0.05) is 12.1 Å². The Labute approximate surface area is 246 Å². The van der Waals surface area contributed by atoms with Crippen molar-refractivity contribution in [2.75, 3.05) is 58.4 Å². The number of aromatic nitrogens is 1. The lowest BCUT2D eigenvalue weighted by Crippen LogP contribution is -2.47. The zero-order valence-corrected chi connectivity index (χ0v) is 25.1. The lowest BCUT2D eigenvalue weighted by Gasteiger charge is -2.37. The van der Waals surface area contributed by atoms with Gasteiger partial charge in [-0.05, 0) is 68.3 Å². The highest BCUT2D eigenvalue weighted by atomic mass is 32.2. The Bertz CT molecular complexity index is 1610. The molecule has 0 amide bonds. The summed E-state index contributed by atoms with van der Waals surface area (Å²) in [5.74, 6) is 0.440. The molecule has 0 atom stereocenters. The van der Waals surface area contributed by atoms with Crippen molar-refractivity contribution >= 4 is 27.3 Å². The molecule has 5 rings (SSSR count). The predicted octanol–water partition coefficient (Wildman–Crippen LogP) is 4.04. The number of carbonyl (C=O) groups is 1.